The number of rotatable bonds is 0. The molecule has 80 valence electrons. The Labute approximate surface area is 87.4 Å². The first-order valence-corrected chi connectivity index (χ1v) is 4.74. The molecule has 4 heterocycles. The molecular weight excluding hydrogens is 212 g/mol. The zero-order valence-electron chi connectivity index (χ0n) is 8.07. The van der Waals surface area contributed by atoms with Gasteiger partial charge in [-0.05, 0) is 0 Å². The second-order valence-electron chi connectivity index (χ2n) is 3.69. The van der Waals surface area contributed by atoms with E-state index in [1.54, 1.807) is 0 Å². The molecule has 2 aliphatic rings. The largest absolute Gasteiger partial charge is 0.338 e. The second kappa shape index (κ2) is 2.23. The molecule has 16 heavy (non-hydrogen) atoms. The summed E-state index contributed by atoms with van der Waals surface area (Å²) < 4.78 is 5.69. The average molecular weight is 218 g/mol. The Morgan fingerprint density at radius 2 is 1.31 bits per heavy atom. The number of aromatic nitrogens is 4. The van der Waals surface area contributed by atoms with Crippen LogP contribution in [0.15, 0.2) is 19.6 Å². The van der Waals surface area contributed by atoms with Gasteiger partial charge in [-0.15, -0.1) is 0 Å². The molecule has 0 saturated carbocycles. The molecule has 0 atom stereocenters. The van der Waals surface area contributed by atoms with Crippen molar-refractivity contribution in [2.75, 3.05) is 0 Å². The van der Waals surface area contributed by atoms with Crippen LogP contribution in [0.3, 0.4) is 0 Å². The van der Waals surface area contributed by atoms with E-state index in [4.69, 9.17) is 0 Å². The number of imidazole rings is 2. The summed E-state index contributed by atoms with van der Waals surface area (Å²) in [5.41, 5.74) is 0.757. The van der Waals surface area contributed by atoms with Crippen LogP contribution in [0, 0.1) is 0 Å². The van der Waals surface area contributed by atoms with Gasteiger partial charge < -0.3 is 0 Å². The van der Waals surface area contributed by atoms with E-state index in [1.165, 1.54) is 30.9 Å². The van der Waals surface area contributed by atoms with Crippen molar-refractivity contribution in [1.29, 1.82) is 0 Å². The molecule has 0 fully saturated rings. The van der Waals surface area contributed by atoms with Crippen LogP contribution in [0.4, 0.5) is 0 Å². The normalized spacial score (nSPS) is 16.2. The van der Waals surface area contributed by atoms with Crippen LogP contribution >= 0.6 is 0 Å². The third kappa shape index (κ3) is 0.630. The fraction of sp³-hybridized carbons (Fsp3) is 0.250. The summed E-state index contributed by atoms with van der Waals surface area (Å²) >= 11 is 0. The molecule has 0 bridgehead atoms. The molecule has 8 heteroatoms. The van der Waals surface area contributed by atoms with Gasteiger partial charge in [0, 0.05) is 0 Å². The first-order chi connectivity index (χ1) is 7.79. The first-order valence-electron chi connectivity index (χ1n) is 4.74. The molecule has 0 aromatic carbocycles. The van der Waals surface area contributed by atoms with Crippen molar-refractivity contribution in [2.45, 2.75) is 13.3 Å². The standard InChI is InChI=1S/C8H6N6O2/c15-7-11-1-9-2-12-5(11)6-13(7)3-10-4-14(6)8(12)16/h1,4H,2-3H2. The van der Waals surface area contributed by atoms with Crippen LogP contribution in [-0.2, 0) is 13.3 Å². The Balaban J connectivity index is 2.44. The summed E-state index contributed by atoms with van der Waals surface area (Å²) in [4.78, 5) is 31.8. The van der Waals surface area contributed by atoms with E-state index in [0.29, 0.717) is 11.3 Å². The summed E-state index contributed by atoms with van der Waals surface area (Å²) in [7, 11) is 0. The van der Waals surface area contributed by atoms with Gasteiger partial charge in [-0.25, -0.2) is 18.7 Å². The average Bonchev–Trinajstić information content (AvgIpc) is 2.78. The first kappa shape index (κ1) is 7.85. The lowest BCUT2D eigenvalue weighted by Gasteiger charge is -2.05. The molecule has 2 aliphatic heterocycles. The SMILES string of the molecule is O=c1n2c3c4n(c(=O)n3CN=C2)C=NCn14. The maximum absolute atomic E-state index is 11.9. The van der Waals surface area contributed by atoms with Gasteiger partial charge in [0.25, 0.3) is 0 Å². The van der Waals surface area contributed by atoms with E-state index in [0.717, 1.165) is 0 Å². The Bertz CT molecular complexity index is 727. The van der Waals surface area contributed by atoms with Gasteiger partial charge in [0.2, 0.25) is 0 Å². The predicted molar refractivity (Wildman–Crippen MR) is 56.2 cm³/mol. The van der Waals surface area contributed by atoms with Crippen molar-refractivity contribution in [1.82, 2.24) is 18.3 Å². The van der Waals surface area contributed by atoms with Crippen molar-refractivity contribution in [3.63, 3.8) is 0 Å². The molecule has 0 N–H and O–H groups in total. The van der Waals surface area contributed by atoms with Gasteiger partial charge >= 0.3 is 11.4 Å². The fourth-order valence-electron chi connectivity index (χ4n) is 2.20. The van der Waals surface area contributed by atoms with Crippen molar-refractivity contribution < 1.29 is 0 Å². The summed E-state index contributed by atoms with van der Waals surface area (Å²) in [5, 5.41) is 0. The van der Waals surface area contributed by atoms with Crippen molar-refractivity contribution in [2.24, 2.45) is 9.98 Å². The molecule has 0 aliphatic carbocycles. The summed E-state index contributed by atoms with van der Waals surface area (Å²) in [5.74, 6) is 0. The zero-order valence-corrected chi connectivity index (χ0v) is 8.07. The highest BCUT2D eigenvalue weighted by Gasteiger charge is 2.26. The number of aliphatic imine (C=N–C) groups is 2. The van der Waals surface area contributed by atoms with E-state index in [9.17, 15) is 9.59 Å². The van der Waals surface area contributed by atoms with Crippen LogP contribution in [0.25, 0.3) is 11.3 Å². The van der Waals surface area contributed by atoms with Gasteiger partial charge in [0.1, 0.15) is 26.0 Å². The molecule has 0 saturated heterocycles. The van der Waals surface area contributed by atoms with Crippen molar-refractivity contribution in [3.05, 3.63) is 21.0 Å². The molecule has 0 radical (unpaired) electrons. The predicted octanol–water partition coefficient (Wildman–Crippen LogP) is -1.54. The van der Waals surface area contributed by atoms with E-state index < -0.39 is 0 Å². The van der Waals surface area contributed by atoms with Gasteiger partial charge in [0.05, 0.1) is 0 Å². The van der Waals surface area contributed by atoms with Crippen LogP contribution in [-0.4, -0.2) is 30.9 Å². The van der Waals surface area contributed by atoms with Crippen LogP contribution in [0.1, 0.15) is 0 Å². The van der Waals surface area contributed by atoms with Crippen molar-refractivity contribution in [3.8, 4) is 0 Å². The summed E-state index contributed by atoms with van der Waals surface area (Å²) in [6.07, 6.45) is 2.91. The third-order valence-corrected chi connectivity index (χ3v) is 2.88. The lowest BCUT2D eigenvalue weighted by Crippen LogP contribution is -2.34. The minimum Gasteiger partial charge on any atom is -0.255 e. The van der Waals surface area contributed by atoms with Gasteiger partial charge in [-0.3, -0.25) is 19.1 Å². The van der Waals surface area contributed by atoms with Gasteiger partial charge in [-0.2, -0.15) is 0 Å². The molecule has 0 spiro atoms. The number of hydrogen-bond acceptors (Lipinski definition) is 4. The molecule has 4 rings (SSSR count). The smallest absolute Gasteiger partial charge is 0.255 e. The van der Waals surface area contributed by atoms with E-state index in [2.05, 4.69) is 9.98 Å². The molecule has 2 aromatic rings. The van der Waals surface area contributed by atoms with E-state index in [-0.39, 0.29) is 24.7 Å². The quantitative estimate of drug-likeness (QED) is 0.537. The lowest BCUT2D eigenvalue weighted by atomic mass is 10.6. The Kier molecular flexibility index (Phi) is 1.10. The highest BCUT2D eigenvalue weighted by atomic mass is 16.2. The molecular formula is C8H6N6O2. The maximum Gasteiger partial charge on any atom is 0.338 e. The topological polar surface area (TPSA) is 78.6 Å². The molecule has 8 nitrogen and oxygen atoms in total. The molecule has 0 amide bonds. The number of hydrogen-bond donors (Lipinski definition) is 0. The van der Waals surface area contributed by atoms with Crippen molar-refractivity contribution >= 4 is 24.0 Å². The van der Waals surface area contributed by atoms with E-state index >= 15 is 0 Å². The molecule has 2 aromatic heterocycles. The van der Waals surface area contributed by atoms with Crippen LogP contribution in [0.2, 0.25) is 0 Å². The second-order valence-corrected chi connectivity index (χ2v) is 3.69. The summed E-state index contributed by atoms with van der Waals surface area (Å²) in [6, 6.07) is 0. The van der Waals surface area contributed by atoms with Gasteiger partial charge in [-0.1, -0.05) is 0 Å². The maximum atomic E-state index is 11.9. The van der Waals surface area contributed by atoms with Crippen LogP contribution in [0.5, 0.6) is 0 Å². The number of nitrogens with zero attached hydrogens (tertiary/aromatic N) is 6. The van der Waals surface area contributed by atoms with E-state index in [1.807, 2.05) is 0 Å². The van der Waals surface area contributed by atoms with Crippen LogP contribution < -0.4 is 11.4 Å². The Hall–Kier alpha value is -2.38. The molecule has 0 unspecified atom stereocenters. The Morgan fingerprint density at radius 3 is 1.75 bits per heavy atom. The summed E-state index contributed by atoms with van der Waals surface area (Å²) in [6.45, 7) is 0.499. The zero-order chi connectivity index (χ0) is 10.9. The Morgan fingerprint density at radius 1 is 0.875 bits per heavy atom. The highest BCUT2D eigenvalue weighted by Crippen LogP contribution is 2.14. The fourth-order valence-corrected chi connectivity index (χ4v) is 2.20. The lowest BCUT2D eigenvalue weighted by molar-refractivity contribution is 0.648. The minimum absolute atomic E-state index is 0.215. The monoisotopic (exact) mass is 218 g/mol. The minimum atomic E-state index is -0.215. The van der Waals surface area contributed by atoms with Gasteiger partial charge in [0.15, 0.2) is 11.3 Å². The third-order valence-electron chi connectivity index (χ3n) is 2.88. The highest BCUT2D eigenvalue weighted by molar-refractivity contribution is 5.85.